The molecule has 4 heteroatoms. The Kier molecular flexibility index (Phi) is 3.81. The largest absolute Gasteiger partial charge is 0.493 e. The van der Waals surface area contributed by atoms with E-state index in [0.29, 0.717) is 11.5 Å². The number of aliphatic hydroxyl groups is 1. The van der Waals surface area contributed by atoms with E-state index in [-0.39, 0.29) is 6.61 Å². The summed E-state index contributed by atoms with van der Waals surface area (Å²) in [5.41, 5.74) is 4.04. The molecule has 0 spiro atoms. The lowest BCUT2D eigenvalue weighted by atomic mass is 10.2. The number of hydrogen-bond acceptors (Lipinski definition) is 3. The molecule has 0 fully saturated rings. The summed E-state index contributed by atoms with van der Waals surface area (Å²) in [4.78, 5) is 0. The van der Waals surface area contributed by atoms with E-state index in [1.807, 2.05) is 38.1 Å². The van der Waals surface area contributed by atoms with Crippen LogP contribution < -0.4 is 9.47 Å². The Morgan fingerprint density at radius 3 is 2.26 bits per heavy atom. The first kappa shape index (κ1) is 13.5. The van der Waals surface area contributed by atoms with Gasteiger partial charge in [0.1, 0.15) is 0 Å². The molecular weight excluding hydrogens is 242 g/mol. The Balaban J connectivity index is 2.56. The van der Waals surface area contributed by atoms with Gasteiger partial charge in [0.05, 0.1) is 20.8 Å². The molecule has 0 amide bonds. The van der Waals surface area contributed by atoms with Gasteiger partial charge in [0.15, 0.2) is 11.5 Å². The van der Waals surface area contributed by atoms with Crippen molar-refractivity contribution >= 4 is 0 Å². The quantitative estimate of drug-likeness (QED) is 0.920. The van der Waals surface area contributed by atoms with E-state index in [2.05, 4.69) is 4.57 Å². The van der Waals surface area contributed by atoms with Gasteiger partial charge in [-0.15, -0.1) is 0 Å². The molecule has 0 aliphatic rings. The summed E-state index contributed by atoms with van der Waals surface area (Å²) in [6.45, 7) is 4.06. The van der Waals surface area contributed by atoms with Crippen molar-refractivity contribution in [1.29, 1.82) is 0 Å². The lowest BCUT2D eigenvalue weighted by Gasteiger charge is -2.13. The van der Waals surface area contributed by atoms with Crippen LogP contribution >= 0.6 is 0 Å². The van der Waals surface area contributed by atoms with E-state index in [9.17, 15) is 5.11 Å². The Bertz CT molecular complexity index is 587. The molecule has 1 aromatic heterocycles. The lowest BCUT2D eigenvalue weighted by Crippen LogP contribution is -2.01. The molecule has 4 nitrogen and oxygen atoms in total. The zero-order valence-corrected chi connectivity index (χ0v) is 11.7. The predicted octanol–water partition coefficient (Wildman–Crippen LogP) is 2.60. The van der Waals surface area contributed by atoms with Crippen molar-refractivity contribution in [2.24, 2.45) is 0 Å². The highest BCUT2D eigenvalue weighted by Crippen LogP contribution is 2.31. The van der Waals surface area contributed by atoms with Gasteiger partial charge in [-0.25, -0.2) is 0 Å². The number of benzene rings is 1. The average molecular weight is 261 g/mol. The highest BCUT2D eigenvalue weighted by molar-refractivity contribution is 5.51. The van der Waals surface area contributed by atoms with Crippen LogP contribution in [-0.2, 0) is 6.61 Å². The standard InChI is InChI=1S/C15H19NO3/c1-10-7-12(9-17)11(2)16(10)13-5-6-14(18-3)15(8-13)19-4/h5-8,17H,9H2,1-4H3. The summed E-state index contributed by atoms with van der Waals surface area (Å²) >= 11 is 0. The minimum atomic E-state index is 0.0486. The van der Waals surface area contributed by atoms with Crippen molar-refractivity contribution in [3.63, 3.8) is 0 Å². The van der Waals surface area contributed by atoms with Crippen LogP contribution in [0.4, 0.5) is 0 Å². The van der Waals surface area contributed by atoms with Crippen molar-refractivity contribution in [3.05, 3.63) is 41.2 Å². The summed E-state index contributed by atoms with van der Waals surface area (Å²) in [6, 6.07) is 7.78. The third kappa shape index (κ3) is 2.31. The lowest BCUT2D eigenvalue weighted by molar-refractivity contribution is 0.281. The summed E-state index contributed by atoms with van der Waals surface area (Å²) in [5.74, 6) is 1.40. The number of aromatic nitrogens is 1. The van der Waals surface area contributed by atoms with Gasteiger partial charge in [0.2, 0.25) is 0 Å². The highest BCUT2D eigenvalue weighted by Gasteiger charge is 2.12. The molecule has 1 aromatic carbocycles. The first-order valence-corrected chi connectivity index (χ1v) is 6.13. The van der Waals surface area contributed by atoms with Crippen LogP contribution in [0.25, 0.3) is 5.69 Å². The molecule has 2 rings (SSSR count). The molecule has 0 bridgehead atoms. The van der Waals surface area contributed by atoms with E-state index < -0.39 is 0 Å². The molecule has 19 heavy (non-hydrogen) atoms. The maximum atomic E-state index is 9.33. The fourth-order valence-corrected chi connectivity index (χ4v) is 2.35. The molecule has 0 aliphatic heterocycles. The highest BCUT2D eigenvalue weighted by atomic mass is 16.5. The number of ether oxygens (including phenoxy) is 2. The van der Waals surface area contributed by atoms with Gasteiger partial charge in [-0.1, -0.05) is 0 Å². The van der Waals surface area contributed by atoms with Crippen LogP contribution in [0.1, 0.15) is 17.0 Å². The van der Waals surface area contributed by atoms with Crippen LogP contribution in [0.2, 0.25) is 0 Å². The van der Waals surface area contributed by atoms with Gasteiger partial charge in [-0.05, 0) is 37.6 Å². The fraction of sp³-hybridized carbons (Fsp3) is 0.333. The maximum Gasteiger partial charge on any atom is 0.162 e. The van der Waals surface area contributed by atoms with Gasteiger partial charge >= 0.3 is 0 Å². The second kappa shape index (κ2) is 5.36. The van der Waals surface area contributed by atoms with Gasteiger partial charge in [-0.2, -0.15) is 0 Å². The first-order chi connectivity index (χ1) is 9.12. The van der Waals surface area contributed by atoms with Crippen LogP contribution in [0.5, 0.6) is 11.5 Å². The maximum absolute atomic E-state index is 9.33. The average Bonchev–Trinajstić information content (AvgIpc) is 2.72. The minimum Gasteiger partial charge on any atom is -0.493 e. The van der Waals surface area contributed by atoms with E-state index in [1.54, 1.807) is 14.2 Å². The Morgan fingerprint density at radius 2 is 1.74 bits per heavy atom. The zero-order valence-electron chi connectivity index (χ0n) is 11.7. The topological polar surface area (TPSA) is 43.6 Å². The summed E-state index contributed by atoms with van der Waals surface area (Å²) in [6.07, 6.45) is 0. The molecule has 0 unspecified atom stereocenters. The van der Waals surface area contributed by atoms with E-state index >= 15 is 0 Å². The SMILES string of the molecule is COc1ccc(-n2c(C)cc(CO)c2C)cc1OC. The molecule has 2 aromatic rings. The van der Waals surface area contributed by atoms with Crippen LogP contribution in [0.3, 0.4) is 0 Å². The Labute approximate surface area is 113 Å². The summed E-state index contributed by atoms with van der Waals surface area (Å²) < 4.78 is 12.7. The monoisotopic (exact) mass is 261 g/mol. The number of nitrogens with zero attached hydrogens (tertiary/aromatic N) is 1. The molecule has 0 atom stereocenters. The van der Waals surface area contributed by atoms with Gasteiger partial charge in [-0.3, -0.25) is 0 Å². The smallest absolute Gasteiger partial charge is 0.162 e. The first-order valence-electron chi connectivity index (χ1n) is 6.13. The second-order valence-corrected chi connectivity index (χ2v) is 4.43. The van der Waals surface area contributed by atoms with Gasteiger partial charge in [0.25, 0.3) is 0 Å². The second-order valence-electron chi connectivity index (χ2n) is 4.43. The van der Waals surface area contributed by atoms with E-state index in [0.717, 1.165) is 22.6 Å². The minimum absolute atomic E-state index is 0.0486. The molecule has 0 saturated carbocycles. The molecule has 1 heterocycles. The van der Waals surface area contributed by atoms with Gasteiger partial charge in [0, 0.05) is 23.1 Å². The van der Waals surface area contributed by atoms with Gasteiger partial charge < -0.3 is 19.1 Å². The van der Waals surface area contributed by atoms with E-state index in [4.69, 9.17) is 9.47 Å². The normalized spacial score (nSPS) is 10.6. The number of aryl methyl sites for hydroxylation is 1. The zero-order chi connectivity index (χ0) is 14.0. The van der Waals surface area contributed by atoms with Crippen molar-refractivity contribution in [2.45, 2.75) is 20.5 Å². The number of hydrogen-bond donors (Lipinski definition) is 1. The Hall–Kier alpha value is -1.94. The van der Waals surface area contributed by atoms with Crippen LogP contribution in [0.15, 0.2) is 24.3 Å². The number of rotatable bonds is 4. The Morgan fingerprint density at radius 1 is 1.05 bits per heavy atom. The van der Waals surface area contributed by atoms with Crippen molar-refractivity contribution in [3.8, 4) is 17.2 Å². The molecule has 0 radical (unpaired) electrons. The summed E-state index contributed by atoms with van der Waals surface area (Å²) in [5, 5.41) is 9.33. The van der Waals surface area contributed by atoms with Crippen molar-refractivity contribution < 1.29 is 14.6 Å². The van der Waals surface area contributed by atoms with E-state index in [1.165, 1.54) is 0 Å². The fourth-order valence-electron chi connectivity index (χ4n) is 2.35. The molecule has 1 N–H and O–H groups in total. The molecule has 0 aliphatic carbocycles. The van der Waals surface area contributed by atoms with Crippen molar-refractivity contribution in [1.82, 2.24) is 4.57 Å². The van der Waals surface area contributed by atoms with Crippen LogP contribution in [0, 0.1) is 13.8 Å². The summed E-state index contributed by atoms with van der Waals surface area (Å²) in [7, 11) is 3.24. The number of aliphatic hydroxyl groups excluding tert-OH is 1. The number of methoxy groups -OCH3 is 2. The molecule has 0 saturated heterocycles. The third-order valence-electron chi connectivity index (χ3n) is 3.33. The predicted molar refractivity (Wildman–Crippen MR) is 74.3 cm³/mol. The van der Waals surface area contributed by atoms with Crippen molar-refractivity contribution in [2.75, 3.05) is 14.2 Å². The van der Waals surface area contributed by atoms with Crippen LogP contribution in [-0.4, -0.2) is 23.9 Å². The molecular formula is C15H19NO3. The third-order valence-corrected chi connectivity index (χ3v) is 3.33. The molecule has 102 valence electrons.